The van der Waals surface area contributed by atoms with Gasteiger partial charge >= 0.3 is 5.97 Å². The van der Waals surface area contributed by atoms with Crippen molar-refractivity contribution in [2.75, 3.05) is 0 Å². The third-order valence-electron chi connectivity index (χ3n) is 3.51. The summed E-state index contributed by atoms with van der Waals surface area (Å²) in [7, 11) is 1.56. The molecule has 7 heteroatoms. The molecule has 0 amide bonds. The van der Waals surface area contributed by atoms with Crippen molar-refractivity contribution in [3.05, 3.63) is 51.7 Å². The number of carbonyl (C=O) groups is 1. The topological polar surface area (TPSA) is 80.0 Å². The Labute approximate surface area is 130 Å². The number of nitrogens with zero attached hydrogens (tertiary/aromatic N) is 2. The van der Waals surface area contributed by atoms with E-state index in [-0.39, 0.29) is 12.1 Å². The Hall–Kier alpha value is -2.67. The number of benzene rings is 1. The number of fused-ring (bicyclic) bond motifs is 1. The molecule has 0 fully saturated rings. The first-order chi connectivity index (χ1) is 10.5. The van der Waals surface area contributed by atoms with Gasteiger partial charge in [-0.05, 0) is 17.8 Å². The summed E-state index contributed by atoms with van der Waals surface area (Å²) in [6, 6.07) is 9.44. The van der Waals surface area contributed by atoms with Gasteiger partial charge in [0.1, 0.15) is 12.1 Å². The van der Waals surface area contributed by atoms with Crippen LogP contribution in [0, 0.1) is 4.77 Å². The fourth-order valence-corrected chi connectivity index (χ4v) is 2.65. The zero-order chi connectivity index (χ0) is 15.9. The Morgan fingerprint density at radius 1 is 1.32 bits per heavy atom. The Bertz CT molecular complexity index is 983. The van der Waals surface area contributed by atoms with E-state index in [1.807, 2.05) is 30.3 Å². The summed E-state index contributed by atoms with van der Waals surface area (Å²) in [5, 5.41) is 9.06. The molecule has 0 saturated heterocycles. The maximum absolute atomic E-state index is 12.5. The quantitative estimate of drug-likeness (QED) is 0.726. The summed E-state index contributed by atoms with van der Waals surface area (Å²) >= 11 is 5.16. The molecule has 0 radical (unpaired) electrons. The molecule has 0 atom stereocenters. The van der Waals surface area contributed by atoms with Crippen molar-refractivity contribution >= 4 is 29.2 Å². The molecule has 0 saturated carbocycles. The van der Waals surface area contributed by atoms with Gasteiger partial charge < -0.3 is 14.7 Å². The summed E-state index contributed by atoms with van der Waals surface area (Å²) in [5.74, 6) is -1.01. The monoisotopic (exact) mass is 315 g/mol. The molecule has 3 rings (SSSR count). The molecular formula is C15H13N3O3S. The molecule has 1 aromatic carbocycles. The normalized spacial score (nSPS) is 11.0. The highest BCUT2D eigenvalue weighted by atomic mass is 32.1. The van der Waals surface area contributed by atoms with E-state index in [0.717, 1.165) is 11.1 Å². The van der Waals surface area contributed by atoms with Gasteiger partial charge in [-0.25, -0.2) is 0 Å². The van der Waals surface area contributed by atoms with Crippen LogP contribution >= 0.6 is 12.2 Å². The van der Waals surface area contributed by atoms with Crippen LogP contribution in [0.4, 0.5) is 0 Å². The Morgan fingerprint density at radius 3 is 2.64 bits per heavy atom. The van der Waals surface area contributed by atoms with Crippen molar-refractivity contribution in [2.45, 2.75) is 6.54 Å². The Balaban J connectivity index is 2.42. The van der Waals surface area contributed by atoms with Gasteiger partial charge in [-0.1, -0.05) is 30.3 Å². The van der Waals surface area contributed by atoms with Crippen LogP contribution in [0.1, 0.15) is 0 Å². The van der Waals surface area contributed by atoms with Crippen LogP contribution in [0.5, 0.6) is 0 Å². The molecule has 0 unspecified atom stereocenters. The molecule has 3 aromatic rings. The van der Waals surface area contributed by atoms with E-state index in [0.29, 0.717) is 15.8 Å². The smallest absolute Gasteiger partial charge is 0.323 e. The second kappa shape index (κ2) is 5.27. The van der Waals surface area contributed by atoms with Gasteiger partial charge in [0.15, 0.2) is 4.77 Å². The molecule has 0 aliphatic carbocycles. The SMILES string of the molecule is Cn1c(=S)[nH]c2c(-c3ccccc3)cn(CC(=O)O)c2c1=O. The lowest BCUT2D eigenvalue weighted by atomic mass is 10.1. The van der Waals surface area contributed by atoms with Crippen LogP contribution in [-0.2, 0) is 18.4 Å². The largest absolute Gasteiger partial charge is 0.480 e. The summed E-state index contributed by atoms with van der Waals surface area (Å²) in [6.07, 6.45) is 1.67. The molecule has 6 nitrogen and oxygen atoms in total. The maximum Gasteiger partial charge on any atom is 0.323 e. The lowest BCUT2D eigenvalue weighted by Crippen LogP contribution is -2.22. The molecule has 0 aliphatic heterocycles. The predicted octanol–water partition coefficient (Wildman–Crippen LogP) is 2.15. The first-order valence-corrected chi connectivity index (χ1v) is 6.99. The van der Waals surface area contributed by atoms with Gasteiger partial charge in [0.2, 0.25) is 0 Å². The van der Waals surface area contributed by atoms with E-state index < -0.39 is 5.97 Å². The zero-order valence-electron chi connectivity index (χ0n) is 11.7. The first-order valence-electron chi connectivity index (χ1n) is 6.58. The van der Waals surface area contributed by atoms with Crippen LogP contribution in [0.2, 0.25) is 0 Å². The number of hydrogen-bond donors (Lipinski definition) is 2. The lowest BCUT2D eigenvalue weighted by molar-refractivity contribution is -0.137. The minimum atomic E-state index is -1.01. The van der Waals surface area contributed by atoms with Crippen molar-refractivity contribution in [1.82, 2.24) is 14.1 Å². The average molecular weight is 315 g/mol. The van der Waals surface area contributed by atoms with Crippen molar-refractivity contribution in [3.63, 3.8) is 0 Å². The number of carboxylic acid groups (broad SMARTS) is 1. The fraction of sp³-hybridized carbons (Fsp3) is 0.133. The van der Waals surface area contributed by atoms with Gasteiger partial charge in [0.25, 0.3) is 5.56 Å². The van der Waals surface area contributed by atoms with Gasteiger partial charge in [-0.2, -0.15) is 0 Å². The molecule has 112 valence electrons. The number of aromatic amines is 1. The van der Waals surface area contributed by atoms with Crippen molar-refractivity contribution < 1.29 is 9.90 Å². The number of nitrogens with one attached hydrogen (secondary N) is 1. The summed E-state index contributed by atoms with van der Waals surface area (Å²) in [6.45, 7) is -0.289. The minimum absolute atomic E-state index is 0.289. The highest BCUT2D eigenvalue weighted by Gasteiger charge is 2.16. The molecule has 2 heterocycles. The summed E-state index contributed by atoms with van der Waals surface area (Å²) in [5.41, 5.74) is 2.18. The Kier molecular flexibility index (Phi) is 3.42. The second-order valence-corrected chi connectivity index (χ2v) is 5.34. The predicted molar refractivity (Wildman–Crippen MR) is 85.4 cm³/mol. The zero-order valence-corrected chi connectivity index (χ0v) is 12.6. The van der Waals surface area contributed by atoms with E-state index in [2.05, 4.69) is 4.98 Å². The highest BCUT2D eigenvalue weighted by molar-refractivity contribution is 7.71. The minimum Gasteiger partial charge on any atom is -0.480 e. The van der Waals surface area contributed by atoms with Gasteiger partial charge in [0, 0.05) is 18.8 Å². The molecular weight excluding hydrogens is 302 g/mol. The Morgan fingerprint density at radius 2 is 2.00 bits per heavy atom. The molecule has 2 N–H and O–H groups in total. The second-order valence-electron chi connectivity index (χ2n) is 4.95. The number of H-pyrrole nitrogens is 1. The molecule has 0 spiro atoms. The standard InChI is InChI=1S/C15H13N3O3S/c1-17-14(21)13-12(16-15(17)22)10(7-18(13)8-11(19)20)9-5-3-2-4-6-9/h2-7H,8H2,1H3,(H,16,22)(H,19,20). The maximum atomic E-state index is 12.5. The van der Waals surface area contributed by atoms with Crippen LogP contribution in [0.15, 0.2) is 41.3 Å². The van der Waals surface area contributed by atoms with Crippen molar-refractivity contribution in [3.8, 4) is 11.1 Å². The van der Waals surface area contributed by atoms with E-state index in [9.17, 15) is 9.59 Å². The number of aromatic nitrogens is 3. The third-order valence-corrected chi connectivity index (χ3v) is 3.89. The van der Waals surface area contributed by atoms with E-state index in [1.165, 1.54) is 9.13 Å². The van der Waals surface area contributed by atoms with Gasteiger partial charge in [-0.3, -0.25) is 14.2 Å². The first kappa shape index (κ1) is 14.3. The number of aliphatic carboxylic acids is 1. The van der Waals surface area contributed by atoms with Gasteiger partial charge in [-0.15, -0.1) is 0 Å². The number of rotatable bonds is 3. The summed E-state index contributed by atoms with van der Waals surface area (Å²) in [4.78, 5) is 26.5. The molecule has 22 heavy (non-hydrogen) atoms. The van der Waals surface area contributed by atoms with E-state index >= 15 is 0 Å². The highest BCUT2D eigenvalue weighted by Crippen LogP contribution is 2.27. The van der Waals surface area contributed by atoms with Crippen LogP contribution in [0.3, 0.4) is 0 Å². The van der Waals surface area contributed by atoms with Crippen molar-refractivity contribution in [2.24, 2.45) is 7.05 Å². The molecule has 0 aliphatic rings. The van der Waals surface area contributed by atoms with Crippen LogP contribution in [0.25, 0.3) is 22.2 Å². The fourth-order valence-electron chi connectivity index (χ4n) is 2.46. The van der Waals surface area contributed by atoms with E-state index in [1.54, 1.807) is 13.2 Å². The molecule has 0 bridgehead atoms. The molecule has 2 aromatic heterocycles. The van der Waals surface area contributed by atoms with Crippen molar-refractivity contribution in [1.29, 1.82) is 0 Å². The van der Waals surface area contributed by atoms with E-state index in [4.69, 9.17) is 17.3 Å². The van der Waals surface area contributed by atoms with Crippen LogP contribution < -0.4 is 5.56 Å². The lowest BCUT2D eigenvalue weighted by Gasteiger charge is -2.03. The average Bonchev–Trinajstić information content (AvgIpc) is 2.83. The summed E-state index contributed by atoms with van der Waals surface area (Å²) < 4.78 is 3.03. The number of hydrogen-bond acceptors (Lipinski definition) is 3. The van der Waals surface area contributed by atoms with Gasteiger partial charge in [0.05, 0.1) is 5.52 Å². The van der Waals surface area contributed by atoms with Crippen LogP contribution in [-0.4, -0.2) is 25.2 Å². The number of carboxylic acids is 1. The third kappa shape index (κ3) is 2.25.